The minimum Gasteiger partial charge on any atom is -0.305 e. The molecule has 20 heavy (non-hydrogen) atoms. The van der Waals surface area contributed by atoms with E-state index in [1.54, 1.807) is 6.07 Å². The molecule has 0 aliphatic carbocycles. The van der Waals surface area contributed by atoms with Crippen molar-refractivity contribution >= 4 is 44.6 Å². The standard InChI is InChI=1S/C13H12BrClN2O2S/c1-8(12-2-3-13(15)20-12)16-7-9-4-10(14)6-11(5-9)17(18)19/h2-6,8,16H,7H2,1H3. The summed E-state index contributed by atoms with van der Waals surface area (Å²) >= 11 is 10.7. The summed E-state index contributed by atoms with van der Waals surface area (Å²) in [4.78, 5) is 11.6. The van der Waals surface area contributed by atoms with E-state index in [1.165, 1.54) is 17.4 Å². The van der Waals surface area contributed by atoms with Crippen LogP contribution in [0, 0.1) is 10.1 Å². The third-order valence-electron chi connectivity index (χ3n) is 2.79. The molecule has 0 spiro atoms. The number of benzene rings is 1. The van der Waals surface area contributed by atoms with Gasteiger partial charge >= 0.3 is 0 Å². The van der Waals surface area contributed by atoms with E-state index in [1.807, 2.05) is 25.1 Å². The molecule has 0 fully saturated rings. The molecule has 1 atom stereocenters. The minimum atomic E-state index is -0.392. The molecule has 0 bridgehead atoms. The number of non-ortho nitro benzene ring substituents is 1. The van der Waals surface area contributed by atoms with E-state index in [0.29, 0.717) is 11.0 Å². The van der Waals surface area contributed by atoms with Crippen LogP contribution in [0.2, 0.25) is 4.34 Å². The van der Waals surface area contributed by atoms with E-state index in [-0.39, 0.29) is 11.7 Å². The van der Waals surface area contributed by atoms with Crippen LogP contribution in [0.15, 0.2) is 34.8 Å². The maximum Gasteiger partial charge on any atom is 0.270 e. The lowest BCUT2D eigenvalue weighted by atomic mass is 10.2. The molecule has 2 rings (SSSR count). The average molecular weight is 376 g/mol. The van der Waals surface area contributed by atoms with Crippen LogP contribution in [-0.2, 0) is 6.54 Å². The van der Waals surface area contributed by atoms with E-state index in [9.17, 15) is 10.1 Å². The summed E-state index contributed by atoms with van der Waals surface area (Å²) in [5.41, 5.74) is 0.948. The number of nitrogens with one attached hydrogen (secondary N) is 1. The van der Waals surface area contributed by atoms with Crippen LogP contribution < -0.4 is 5.32 Å². The van der Waals surface area contributed by atoms with Crippen molar-refractivity contribution in [2.75, 3.05) is 0 Å². The highest BCUT2D eigenvalue weighted by Crippen LogP contribution is 2.27. The molecule has 2 aromatic rings. The largest absolute Gasteiger partial charge is 0.305 e. The Balaban J connectivity index is 2.05. The molecule has 0 aliphatic rings. The van der Waals surface area contributed by atoms with Crippen molar-refractivity contribution in [3.8, 4) is 0 Å². The van der Waals surface area contributed by atoms with E-state index < -0.39 is 4.92 Å². The highest BCUT2D eigenvalue weighted by Gasteiger charge is 2.11. The van der Waals surface area contributed by atoms with E-state index in [4.69, 9.17) is 11.6 Å². The zero-order chi connectivity index (χ0) is 14.7. The van der Waals surface area contributed by atoms with Crippen molar-refractivity contribution in [1.29, 1.82) is 0 Å². The van der Waals surface area contributed by atoms with Crippen molar-refractivity contribution in [2.24, 2.45) is 0 Å². The molecule has 0 radical (unpaired) electrons. The quantitative estimate of drug-likeness (QED) is 0.596. The summed E-state index contributed by atoms with van der Waals surface area (Å²) in [7, 11) is 0. The van der Waals surface area contributed by atoms with Crippen LogP contribution in [0.25, 0.3) is 0 Å². The fourth-order valence-corrected chi connectivity index (χ4v) is 3.39. The molecule has 4 nitrogen and oxygen atoms in total. The number of rotatable bonds is 5. The first-order valence-corrected chi connectivity index (χ1v) is 7.87. The first kappa shape index (κ1) is 15.4. The number of nitro benzene ring substituents is 1. The molecule has 1 unspecified atom stereocenters. The Morgan fingerprint density at radius 3 is 2.80 bits per heavy atom. The predicted octanol–water partition coefficient (Wildman–Crippen LogP) is 4.92. The summed E-state index contributed by atoms with van der Waals surface area (Å²) < 4.78 is 1.46. The lowest BCUT2D eigenvalue weighted by molar-refractivity contribution is -0.385. The summed E-state index contributed by atoms with van der Waals surface area (Å²) in [6.45, 7) is 2.59. The molecule has 1 aromatic carbocycles. The molecule has 0 aliphatic heterocycles. The molecule has 1 heterocycles. The third kappa shape index (κ3) is 4.02. The third-order valence-corrected chi connectivity index (χ3v) is 4.66. The number of thiophene rings is 1. The zero-order valence-corrected chi connectivity index (χ0v) is 13.8. The van der Waals surface area contributed by atoms with Gasteiger partial charge in [-0.05, 0) is 30.7 Å². The number of hydrogen-bond acceptors (Lipinski definition) is 4. The van der Waals surface area contributed by atoms with Gasteiger partial charge in [0.1, 0.15) is 0 Å². The molecule has 0 amide bonds. The van der Waals surface area contributed by atoms with Gasteiger partial charge in [0.2, 0.25) is 0 Å². The maximum absolute atomic E-state index is 10.8. The van der Waals surface area contributed by atoms with Gasteiger partial charge in [0.25, 0.3) is 5.69 Å². The van der Waals surface area contributed by atoms with Gasteiger partial charge in [-0.2, -0.15) is 0 Å². The van der Waals surface area contributed by atoms with Gasteiger partial charge in [-0.15, -0.1) is 11.3 Å². The Morgan fingerprint density at radius 2 is 2.20 bits per heavy atom. The van der Waals surface area contributed by atoms with Crippen LogP contribution in [0.3, 0.4) is 0 Å². The first-order valence-electron chi connectivity index (χ1n) is 5.88. The van der Waals surface area contributed by atoms with Crippen molar-refractivity contribution in [3.63, 3.8) is 0 Å². The summed E-state index contributed by atoms with van der Waals surface area (Å²) in [6, 6.07) is 8.93. The molecule has 106 valence electrons. The maximum atomic E-state index is 10.8. The number of hydrogen-bond donors (Lipinski definition) is 1. The lowest BCUT2D eigenvalue weighted by Gasteiger charge is -2.12. The number of nitrogens with zero attached hydrogens (tertiary/aromatic N) is 1. The Hall–Kier alpha value is -0.950. The number of halogens is 2. The first-order chi connectivity index (χ1) is 9.45. The van der Waals surface area contributed by atoms with Crippen LogP contribution in [-0.4, -0.2) is 4.92 Å². The lowest BCUT2D eigenvalue weighted by Crippen LogP contribution is -2.17. The molecule has 1 N–H and O–H groups in total. The second-order valence-electron chi connectivity index (χ2n) is 4.32. The van der Waals surface area contributed by atoms with Gasteiger partial charge in [-0.3, -0.25) is 10.1 Å². The molecule has 1 aromatic heterocycles. The van der Waals surface area contributed by atoms with E-state index >= 15 is 0 Å². The van der Waals surface area contributed by atoms with Crippen LogP contribution in [0.5, 0.6) is 0 Å². The van der Waals surface area contributed by atoms with Gasteiger partial charge in [0.05, 0.1) is 9.26 Å². The fraction of sp³-hybridized carbons (Fsp3) is 0.231. The Kier molecular flexibility index (Phi) is 5.15. The number of nitro groups is 1. The molecular weight excluding hydrogens is 364 g/mol. The topological polar surface area (TPSA) is 55.2 Å². The highest BCUT2D eigenvalue weighted by atomic mass is 79.9. The second kappa shape index (κ2) is 6.67. The monoisotopic (exact) mass is 374 g/mol. The average Bonchev–Trinajstić information content (AvgIpc) is 2.82. The highest BCUT2D eigenvalue weighted by molar-refractivity contribution is 9.10. The predicted molar refractivity (Wildman–Crippen MR) is 85.4 cm³/mol. The van der Waals surface area contributed by atoms with Gasteiger partial charge in [0.15, 0.2) is 0 Å². The van der Waals surface area contributed by atoms with Crippen molar-refractivity contribution in [2.45, 2.75) is 19.5 Å². The van der Waals surface area contributed by atoms with E-state index in [2.05, 4.69) is 21.2 Å². The summed E-state index contributed by atoms with van der Waals surface area (Å²) in [6.07, 6.45) is 0. The molecule has 0 saturated heterocycles. The van der Waals surface area contributed by atoms with E-state index in [0.717, 1.165) is 14.8 Å². The molecular formula is C13H12BrClN2O2S. The van der Waals surface area contributed by atoms with Gasteiger partial charge in [0, 0.05) is 34.1 Å². The van der Waals surface area contributed by atoms with Crippen molar-refractivity contribution in [3.05, 3.63) is 59.7 Å². The summed E-state index contributed by atoms with van der Waals surface area (Å²) in [5, 5.41) is 14.1. The Labute approximate surface area is 134 Å². The molecule has 7 heteroatoms. The Morgan fingerprint density at radius 1 is 1.45 bits per heavy atom. The normalized spacial score (nSPS) is 12.3. The SMILES string of the molecule is CC(NCc1cc(Br)cc([N+](=O)[O-])c1)c1ccc(Cl)s1. The van der Waals surface area contributed by atoms with Crippen molar-refractivity contribution < 1.29 is 4.92 Å². The van der Waals surface area contributed by atoms with Crippen LogP contribution >= 0.6 is 38.9 Å². The van der Waals surface area contributed by atoms with Gasteiger partial charge in [-0.1, -0.05) is 27.5 Å². The summed E-state index contributed by atoms with van der Waals surface area (Å²) in [5.74, 6) is 0. The van der Waals surface area contributed by atoms with Gasteiger partial charge in [-0.25, -0.2) is 0 Å². The van der Waals surface area contributed by atoms with Crippen LogP contribution in [0.4, 0.5) is 5.69 Å². The minimum absolute atomic E-state index is 0.0861. The smallest absolute Gasteiger partial charge is 0.270 e. The fourth-order valence-electron chi connectivity index (χ4n) is 1.77. The van der Waals surface area contributed by atoms with Crippen LogP contribution in [0.1, 0.15) is 23.4 Å². The second-order valence-corrected chi connectivity index (χ2v) is 6.98. The van der Waals surface area contributed by atoms with Gasteiger partial charge < -0.3 is 5.32 Å². The van der Waals surface area contributed by atoms with Crippen molar-refractivity contribution in [1.82, 2.24) is 5.32 Å². The zero-order valence-electron chi connectivity index (χ0n) is 10.6. The Bertz CT molecular complexity index is 633. The molecule has 0 saturated carbocycles.